The lowest BCUT2D eigenvalue weighted by Gasteiger charge is -2.25. The number of nitrogens with zero attached hydrogens (tertiary/aromatic N) is 1. The molecule has 1 aliphatic rings. The van der Waals surface area contributed by atoms with Gasteiger partial charge in [0.05, 0.1) is 5.92 Å². The summed E-state index contributed by atoms with van der Waals surface area (Å²) in [5.74, 6) is 1.14. The highest BCUT2D eigenvalue weighted by Crippen LogP contribution is 2.12. The summed E-state index contributed by atoms with van der Waals surface area (Å²) in [4.78, 5) is 13.8. The minimum atomic E-state index is 0. The maximum absolute atomic E-state index is 11.7. The van der Waals surface area contributed by atoms with Crippen LogP contribution in [0.4, 0.5) is 0 Å². The number of nitrogens with one attached hydrogen (secondary N) is 2. The highest BCUT2D eigenvalue weighted by atomic mass is 35.5. The van der Waals surface area contributed by atoms with Gasteiger partial charge in [-0.15, -0.1) is 12.4 Å². The maximum atomic E-state index is 11.7. The number of likely N-dealkylation sites (N-methyl/N-ethyl adjacent to an activating group) is 1. The average molecular weight is 314 g/mol. The van der Waals surface area contributed by atoms with Gasteiger partial charge in [0.25, 0.3) is 0 Å². The zero-order valence-electron chi connectivity index (χ0n) is 12.6. The summed E-state index contributed by atoms with van der Waals surface area (Å²) in [6.07, 6.45) is 0. The predicted molar refractivity (Wildman–Crippen MR) is 85.9 cm³/mol. The van der Waals surface area contributed by atoms with Crippen LogP contribution in [-0.2, 0) is 11.3 Å². The van der Waals surface area contributed by atoms with E-state index in [1.165, 1.54) is 0 Å². The van der Waals surface area contributed by atoms with Crippen molar-refractivity contribution in [1.29, 1.82) is 0 Å². The zero-order chi connectivity index (χ0) is 14.4. The van der Waals surface area contributed by atoms with E-state index >= 15 is 0 Å². The smallest absolute Gasteiger partial charge is 0.225 e. The van der Waals surface area contributed by atoms with Gasteiger partial charge in [0.15, 0.2) is 0 Å². The quantitative estimate of drug-likeness (QED) is 0.785. The molecule has 2 N–H and O–H groups in total. The number of hydrogen-bond acceptors (Lipinski definition) is 4. The average Bonchev–Trinajstić information content (AvgIpc) is 2.35. The monoisotopic (exact) mass is 313 g/mol. The Morgan fingerprint density at radius 3 is 2.52 bits per heavy atom. The molecule has 0 radical (unpaired) electrons. The Kier molecular flexibility index (Phi) is 7.50. The molecule has 6 heteroatoms. The summed E-state index contributed by atoms with van der Waals surface area (Å²) >= 11 is 0. The molecule has 118 valence electrons. The van der Waals surface area contributed by atoms with Crippen LogP contribution in [0.15, 0.2) is 24.3 Å². The molecule has 0 bridgehead atoms. The normalized spacial score (nSPS) is 14.2. The van der Waals surface area contributed by atoms with Gasteiger partial charge < -0.3 is 20.3 Å². The molecule has 1 heterocycles. The van der Waals surface area contributed by atoms with Crippen molar-refractivity contribution < 1.29 is 9.53 Å². The van der Waals surface area contributed by atoms with Crippen LogP contribution in [0.5, 0.6) is 5.75 Å². The summed E-state index contributed by atoms with van der Waals surface area (Å²) in [7, 11) is 4.04. The van der Waals surface area contributed by atoms with Gasteiger partial charge in [-0.2, -0.15) is 0 Å². The topological polar surface area (TPSA) is 53.6 Å². The Morgan fingerprint density at radius 1 is 1.33 bits per heavy atom. The molecular weight excluding hydrogens is 290 g/mol. The fraction of sp³-hybridized carbons (Fsp3) is 0.533. The molecule has 1 aromatic carbocycles. The highest BCUT2D eigenvalue weighted by molar-refractivity contribution is 5.85. The highest BCUT2D eigenvalue weighted by Gasteiger charge is 2.24. The summed E-state index contributed by atoms with van der Waals surface area (Å²) in [6, 6.07) is 7.87. The molecule has 0 unspecified atom stereocenters. The first-order valence-electron chi connectivity index (χ1n) is 7.00. The van der Waals surface area contributed by atoms with Gasteiger partial charge in [0.2, 0.25) is 5.91 Å². The SMILES string of the molecule is CN(C)CCOc1ccc(CNC(=O)C2CNC2)cc1.Cl. The number of carbonyl (C=O) groups excluding carboxylic acids is 1. The lowest BCUT2D eigenvalue weighted by Crippen LogP contribution is -2.50. The van der Waals surface area contributed by atoms with Crippen LogP contribution < -0.4 is 15.4 Å². The first kappa shape index (κ1) is 17.8. The van der Waals surface area contributed by atoms with E-state index in [-0.39, 0.29) is 24.2 Å². The molecule has 0 spiro atoms. The van der Waals surface area contributed by atoms with Crippen molar-refractivity contribution in [3.63, 3.8) is 0 Å². The van der Waals surface area contributed by atoms with Gasteiger partial charge in [0, 0.05) is 26.2 Å². The van der Waals surface area contributed by atoms with E-state index in [1.54, 1.807) is 0 Å². The summed E-state index contributed by atoms with van der Waals surface area (Å²) < 4.78 is 5.62. The van der Waals surface area contributed by atoms with E-state index in [1.807, 2.05) is 38.4 Å². The summed E-state index contributed by atoms with van der Waals surface area (Å²) in [5, 5.41) is 6.05. The molecule has 2 rings (SSSR count). The second-order valence-electron chi connectivity index (χ2n) is 5.37. The molecule has 21 heavy (non-hydrogen) atoms. The number of amides is 1. The van der Waals surface area contributed by atoms with Gasteiger partial charge in [-0.05, 0) is 31.8 Å². The van der Waals surface area contributed by atoms with Crippen LogP contribution in [0.2, 0.25) is 0 Å². The molecule has 0 atom stereocenters. The van der Waals surface area contributed by atoms with Crippen molar-refractivity contribution in [3.8, 4) is 5.75 Å². The van der Waals surface area contributed by atoms with E-state index in [9.17, 15) is 4.79 Å². The Bertz CT molecular complexity index is 433. The van der Waals surface area contributed by atoms with Crippen molar-refractivity contribution in [2.45, 2.75) is 6.54 Å². The molecule has 0 aliphatic carbocycles. The standard InChI is InChI=1S/C15H23N3O2.ClH/c1-18(2)7-8-20-14-5-3-12(4-6-14)9-17-15(19)13-10-16-11-13;/h3-6,13,16H,7-11H2,1-2H3,(H,17,19);1H. The lowest BCUT2D eigenvalue weighted by atomic mass is 10.0. The van der Waals surface area contributed by atoms with Crippen molar-refractivity contribution >= 4 is 18.3 Å². The number of halogens is 1. The molecule has 0 saturated carbocycles. The van der Waals surface area contributed by atoms with E-state index in [0.717, 1.165) is 30.9 Å². The van der Waals surface area contributed by atoms with Crippen LogP contribution in [0, 0.1) is 5.92 Å². The number of hydrogen-bond donors (Lipinski definition) is 2. The zero-order valence-corrected chi connectivity index (χ0v) is 13.4. The van der Waals surface area contributed by atoms with E-state index < -0.39 is 0 Å². The number of ether oxygens (including phenoxy) is 1. The van der Waals surface area contributed by atoms with Crippen LogP contribution in [-0.4, -0.2) is 51.1 Å². The number of carbonyl (C=O) groups is 1. The van der Waals surface area contributed by atoms with Gasteiger partial charge in [-0.25, -0.2) is 0 Å². The van der Waals surface area contributed by atoms with Crippen LogP contribution in [0.25, 0.3) is 0 Å². The third-order valence-electron chi connectivity index (χ3n) is 3.35. The van der Waals surface area contributed by atoms with Crippen molar-refractivity contribution in [2.75, 3.05) is 40.3 Å². The predicted octanol–water partition coefficient (Wildman–Crippen LogP) is 0.884. The van der Waals surface area contributed by atoms with E-state index in [0.29, 0.717) is 13.2 Å². The van der Waals surface area contributed by atoms with E-state index in [4.69, 9.17) is 4.74 Å². The summed E-state index contributed by atoms with van der Waals surface area (Å²) in [5.41, 5.74) is 1.09. The third kappa shape index (κ3) is 5.91. The Hall–Kier alpha value is -1.30. The molecule has 1 amide bonds. The molecule has 5 nitrogen and oxygen atoms in total. The maximum Gasteiger partial charge on any atom is 0.225 e. The van der Waals surface area contributed by atoms with Crippen molar-refractivity contribution in [3.05, 3.63) is 29.8 Å². The first-order valence-corrected chi connectivity index (χ1v) is 7.00. The lowest BCUT2D eigenvalue weighted by molar-refractivity contribution is -0.126. The van der Waals surface area contributed by atoms with Crippen LogP contribution in [0.3, 0.4) is 0 Å². The third-order valence-corrected chi connectivity index (χ3v) is 3.35. The van der Waals surface area contributed by atoms with Gasteiger partial charge in [0.1, 0.15) is 12.4 Å². The fourth-order valence-electron chi connectivity index (χ4n) is 1.86. The Labute approximate surface area is 132 Å². The van der Waals surface area contributed by atoms with Crippen LogP contribution >= 0.6 is 12.4 Å². The number of benzene rings is 1. The second-order valence-corrected chi connectivity index (χ2v) is 5.37. The number of rotatable bonds is 7. The van der Waals surface area contributed by atoms with Gasteiger partial charge in [-0.1, -0.05) is 12.1 Å². The summed E-state index contributed by atoms with van der Waals surface area (Å²) in [6.45, 7) is 3.74. The Balaban J connectivity index is 0.00000220. The molecule has 0 aromatic heterocycles. The van der Waals surface area contributed by atoms with Gasteiger partial charge in [-0.3, -0.25) is 4.79 Å². The largest absolute Gasteiger partial charge is 0.492 e. The second kappa shape index (κ2) is 8.87. The van der Waals surface area contributed by atoms with Crippen molar-refractivity contribution in [1.82, 2.24) is 15.5 Å². The molecule has 1 aromatic rings. The van der Waals surface area contributed by atoms with Gasteiger partial charge >= 0.3 is 0 Å². The molecule has 1 aliphatic heterocycles. The fourth-order valence-corrected chi connectivity index (χ4v) is 1.86. The van der Waals surface area contributed by atoms with Crippen molar-refractivity contribution in [2.24, 2.45) is 5.92 Å². The van der Waals surface area contributed by atoms with E-state index in [2.05, 4.69) is 15.5 Å². The minimum Gasteiger partial charge on any atom is -0.492 e. The molecule has 1 fully saturated rings. The molecular formula is C15H24ClN3O2. The Morgan fingerprint density at radius 2 is 2.00 bits per heavy atom. The minimum absolute atomic E-state index is 0. The van der Waals surface area contributed by atoms with Crippen LogP contribution in [0.1, 0.15) is 5.56 Å². The first-order chi connectivity index (χ1) is 9.65. The molecule has 1 saturated heterocycles.